The number of nitrogens with zero attached hydrogens (tertiary/aromatic N) is 1. The maximum Gasteiger partial charge on any atom is 0.338 e. The standard InChI is InChI=1S/C30H41NO7.ClH/c1-5-31-15-17-8-11-22(36-3)30-19(17)12-20(25(30)31)28(33)14-23(37-4)29(34)13-21(30)24(28)26(29)38-27(32)16-6-9-18(35-2)10-7-16;/h6-7,9-10,17,19-26,33-34H,5,8,11-15H2,1-4H3;1H/t17-,19+,20-,21+,22-,23-,24+,25?,26+,28-,29-,30-;/m0./s1. The predicted molar refractivity (Wildman–Crippen MR) is 145 cm³/mol. The van der Waals surface area contributed by atoms with Gasteiger partial charge in [0.05, 0.1) is 30.5 Å². The van der Waals surface area contributed by atoms with E-state index in [4.69, 9.17) is 18.9 Å². The van der Waals surface area contributed by atoms with Crippen LogP contribution in [0, 0.1) is 35.0 Å². The minimum Gasteiger partial charge on any atom is -0.497 e. The molecule has 1 aromatic carbocycles. The molecule has 6 fully saturated rings. The van der Waals surface area contributed by atoms with Crippen molar-refractivity contribution in [2.24, 2.45) is 35.0 Å². The molecule has 7 bridgehead atoms. The minimum atomic E-state index is -1.37. The van der Waals surface area contributed by atoms with Gasteiger partial charge in [-0.3, -0.25) is 4.90 Å². The van der Waals surface area contributed by atoms with Crippen LogP contribution in [0.15, 0.2) is 24.3 Å². The molecule has 39 heavy (non-hydrogen) atoms. The van der Waals surface area contributed by atoms with Gasteiger partial charge in [-0.25, -0.2) is 4.79 Å². The molecule has 1 saturated heterocycles. The number of rotatable bonds is 6. The Morgan fingerprint density at radius 3 is 2.33 bits per heavy atom. The van der Waals surface area contributed by atoms with Crippen molar-refractivity contribution in [1.82, 2.24) is 4.90 Å². The zero-order valence-electron chi connectivity index (χ0n) is 23.2. The van der Waals surface area contributed by atoms with Crippen molar-refractivity contribution in [2.75, 3.05) is 34.4 Å². The summed E-state index contributed by atoms with van der Waals surface area (Å²) < 4.78 is 23.7. The molecule has 1 unspecified atom stereocenters. The number of hydrogen-bond acceptors (Lipinski definition) is 8. The van der Waals surface area contributed by atoms with Crippen LogP contribution in [0.1, 0.15) is 49.4 Å². The Balaban J connectivity index is 0.00000277. The lowest BCUT2D eigenvalue weighted by atomic mass is 9.46. The summed E-state index contributed by atoms with van der Waals surface area (Å²) in [5.41, 5.74) is -2.24. The van der Waals surface area contributed by atoms with E-state index < -0.39 is 29.4 Å². The smallest absolute Gasteiger partial charge is 0.338 e. The fourth-order valence-electron chi connectivity index (χ4n) is 11.0. The van der Waals surface area contributed by atoms with E-state index in [1.807, 2.05) is 7.11 Å². The average molecular weight is 564 g/mol. The van der Waals surface area contributed by atoms with Crippen LogP contribution in [-0.4, -0.2) is 91.1 Å². The lowest BCUT2D eigenvalue weighted by molar-refractivity contribution is -0.271. The van der Waals surface area contributed by atoms with Crippen LogP contribution in [0.2, 0.25) is 0 Å². The summed E-state index contributed by atoms with van der Waals surface area (Å²) >= 11 is 0. The van der Waals surface area contributed by atoms with E-state index in [2.05, 4.69) is 11.8 Å². The molecule has 1 heterocycles. The SMILES string of the molecule is CCN1C[C@@H]2CC[C@H](OC)[C@]34C1[C@H](C[C@H]23)[C@@]1(O)C[C@H](OC)[C@@]2(O)C[C@@H]4[C@@H]1[C@H]2OC(=O)c1ccc(OC)cc1.Cl. The van der Waals surface area contributed by atoms with Crippen LogP contribution >= 0.6 is 12.4 Å². The first kappa shape index (κ1) is 27.7. The number of ether oxygens (including phenoxy) is 4. The van der Waals surface area contributed by atoms with Gasteiger partial charge in [0.25, 0.3) is 0 Å². The highest BCUT2D eigenvalue weighted by molar-refractivity contribution is 5.89. The Kier molecular flexibility index (Phi) is 6.61. The highest BCUT2D eigenvalue weighted by atomic mass is 35.5. The molecule has 0 aromatic heterocycles. The summed E-state index contributed by atoms with van der Waals surface area (Å²) in [6.45, 7) is 4.23. The number of halogens is 1. The molecule has 0 radical (unpaired) electrons. The van der Waals surface area contributed by atoms with Gasteiger partial charge in [0.2, 0.25) is 0 Å². The molecule has 6 aliphatic rings. The fourth-order valence-corrected chi connectivity index (χ4v) is 11.0. The second-order valence-electron chi connectivity index (χ2n) is 12.8. The van der Waals surface area contributed by atoms with Gasteiger partial charge in [-0.05, 0) is 74.2 Å². The molecule has 7 rings (SSSR count). The van der Waals surface area contributed by atoms with E-state index in [9.17, 15) is 15.0 Å². The Morgan fingerprint density at radius 2 is 1.69 bits per heavy atom. The number of esters is 1. The van der Waals surface area contributed by atoms with Gasteiger partial charge in [-0.1, -0.05) is 6.92 Å². The first-order valence-corrected chi connectivity index (χ1v) is 14.4. The highest BCUT2D eigenvalue weighted by Gasteiger charge is 2.84. The molecule has 2 N–H and O–H groups in total. The number of piperidine rings is 1. The third-order valence-corrected chi connectivity index (χ3v) is 12.1. The third-order valence-electron chi connectivity index (χ3n) is 12.1. The Hall–Kier alpha value is -1.42. The number of fused-ring (bicyclic) bond motifs is 2. The summed E-state index contributed by atoms with van der Waals surface area (Å²) in [6, 6.07) is 7.01. The van der Waals surface area contributed by atoms with Gasteiger partial charge in [-0.2, -0.15) is 0 Å². The van der Waals surface area contributed by atoms with Gasteiger partial charge < -0.3 is 29.2 Å². The van der Waals surface area contributed by atoms with Crippen LogP contribution < -0.4 is 4.74 Å². The van der Waals surface area contributed by atoms with E-state index in [1.54, 1.807) is 38.5 Å². The van der Waals surface area contributed by atoms with Gasteiger partial charge in [0.15, 0.2) is 0 Å². The van der Waals surface area contributed by atoms with Gasteiger partial charge in [0.1, 0.15) is 17.5 Å². The number of methoxy groups -OCH3 is 3. The van der Waals surface area contributed by atoms with E-state index in [-0.39, 0.29) is 47.7 Å². The number of aliphatic hydroxyl groups is 2. The quantitative estimate of drug-likeness (QED) is 0.510. The molecule has 1 spiro atoms. The molecular weight excluding hydrogens is 522 g/mol. The topological polar surface area (TPSA) is 97.7 Å². The van der Waals surface area contributed by atoms with E-state index in [0.29, 0.717) is 36.0 Å². The van der Waals surface area contributed by atoms with Crippen molar-refractivity contribution in [3.8, 4) is 5.75 Å². The summed E-state index contributed by atoms with van der Waals surface area (Å²) in [7, 11) is 5.01. The molecule has 8 nitrogen and oxygen atoms in total. The minimum absolute atomic E-state index is 0. The molecule has 5 aliphatic carbocycles. The number of likely N-dealkylation sites (tertiary alicyclic amines) is 1. The average Bonchev–Trinajstić information content (AvgIpc) is 3.31. The summed E-state index contributed by atoms with van der Waals surface area (Å²) in [4.78, 5) is 16.1. The van der Waals surface area contributed by atoms with Crippen LogP contribution in [0.4, 0.5) is 0 Å². The van der Waals surface area contributed by atoms with Crippen molar-refractivity contribution in [3.63, 3.8) is 0 Å². The number of carbonyl (C=O) groups is 1. The first-order chi connectivity index (χ1) is 18.3. The summed E-state index contributed by atoms with van der Waals surface area (Å²) in [5, 5.41) is 25.1. The van der Waals surface area contributed by atoms with Crippen LogP contribution in [0.5, 0.6) is 5.75 Å². The third kappa shape index (κ3) is 3.27. The second kappa shape index (κ2) is 9.30. The number of hydrogen-bond donors (Lipinski definition) is 2. The van der Waals surface area contributed by atoms with Crippen molar-refractivity contribution in [1.29, 1.82) is 0 Å². The highest BCUT2D eigenvalue weighted by Crippen LogP contribution is 2.77. The molecule has 216 valence electrons. The molecule has 1 aliphatic heterocycles. The lowest BCUT2D eigenvalue weighted by Gasteiger charge is -2.67. The summed E-state index contributed by atoms with van der Waals surface area (Å²) in [5.74, 6) is 0.810. The molecule has 9 heteroatoms. The number of carbonyl (C=O) groups excluding carboxylic acids is 1. The van der Waals surface area contributed by atoms with Crippen LogP contribution in [0.25, 0.3) is 0 Å². The second-order valence-corrected chi connectivity index (χ2v) is 12.8. The van der Waals surface area contributed by atoms with Gasteiger partial charge in [0, 0.05) is 50.5 Å². The monoisotopic (exact) mass is 563 g/mol. The number of benzene rings is 1. The maximum absolute atomic E-state index is 13.5. The Bertz CT molecular complexity index is 1120. The van der Waals surface area contributed by atoms with Crippen LogP contribution in [0.3, 0.4) is 0 Å². The zero-order valence-corrected chi connectivity index (χ0v) is 24.1. The molecule has 12 atom stereocenters. The molecule has 0 amide bonds. The predicted octanol–water partition coefficient (Wildman–Crippen LogP) is 2.92. The first-order valence-electron chi connectivity index (χ1n) is 14.4. The lowest BCUT2D eigenvalue weighted by Crippen LogP contribution is -2.75. The fraction of sp³-hybridized carbons (Fsp3) is 0.767. The Morgan fingerprint density at radius 1 is 0.974 bits per heavy atom. The Labute approximate surface area is 236 Å². The zero-order chi connectivity index (χ0) is 26.6. The van der Waals surface area contributed by atoms with E-state index in [1.165, 1.54) is 0 Å². The summed E-state index contributed by atoms with van der Waals surface area (Å²) in [6.07, 6.45) is 2.50. The van der Waals surface area contributed by atoms with Crippen molar-refractivity contribution in [2.45, 2.75) is 74.6 Å². The van der Waals surface area contributed by atoms with Crippen molar-refractivity contribution >= 4 is 18.4 Å². The van der Waals surface area contributed by atoms with E-state index >= 15 is 0 Å². The maximum atomic E-state index is 13.5. The van der Waals surface area contributed by atoms with Crippen molar-refractivity contribution < 1.29 is 34.0 Å². The van der Waals surface area contributed by atoms with Crippen LogP contribution in [-0.2, 0) is 14.2 Å². The van der Waals surface area contributed by atoms with Gasteiger partial charge >= 0.3 is 5.97 Å². The van der Waals surface area contributed by atoms with Gasteiger partial charge in [-0.15, -0.1) is 12.4 Å². The van der Waals surface area contributed by atoms with Crippen molar-refractivity contribution in [3.05, 3.63) is 29.8 Å². The molecule has 1 aromatic rings. The molecular formula is C30H42ClNO7. The van der Waals surface area contributed by atoms with E-state index in [0.717, 1.165) is 32.4 Å². The largest absolute Gasteiger partial charge is 0.497 e. The normalized spacial score (nSPS) is 48.8. The molecule has 5 saturated carbocycles.